The lowest BCUT2D eigenvalue weighted by molar-refractivity contribution is 0.100. The van der Waals surface area contributed by atoms with E-state index in [-0.39, 0.29) is 35.1 Å². The van der Waals surface area contributed by atoms with E-state index in [9.17, 15) is 9.18 Å². The van der Waals surface area contributed by atoms with Gasteiger partial charge in [-0.3, -0.25) is 9.79 Å². The van der Waals surface area contributed by atoms with Crippen molar-refractivity contribution in [2.24, 2.45) is 4.99 Å². The molecule has 0 unspecified atom stereocenters. The largest absolute Gasteiger partial charge is 0.313 e. The summed E-state index contributed by atoms with van der Waals surface area (Å²) in [7, 11) is 0. The number of aliphatic imine (C=N–C) groups is 1. The van der Waals surface area contributed by atoms with Crippen molar-refractivity contribution in [2.45, 2.75) is 20.3 Å². The van der Waals surface area contributed by atoms with E-state index in [1.54, 1.807) is 23.9 Å². The van der Waals surface area contributed by atoms with Crippen molar-refractivity contribution in [1.29, 1.82) is 0 Å². The average molecular weight is 437 g/mol. The van der Waals surface area contributed by atoms with Gasteiger partial charge in [-0.1, -0.05) is 23.9 Å². The number of benzene rings is 2. The maximum Gasteiger partial charge on any atom is 0.182 e. The van der Waals surface area contributed by atoms with Crippen molar-refractivity contribution in [3.63, 3.8) is 0 Å². The first kappa shape index (κ1) is 20.6. The minimum atomic E-state index is -0.289. The molecule has 0 saturated carbocycles. The molecular weight excluding hydrogens is 415 g/mol. The Labute approximate surface area is 168 Å². The van der Waals surface area contributed by atoms with Gasteiger partial charge in [0.2, 0.25) is 0 Å². The number of nitrogens with zero attached hydrogens (tertiary/aromatic N) is 2. The van der Waals surface area contributed by atoms with Crippen LogP contribution in [0, 0.1) is 19.7 Å². The fourth-order valence-electron chi connectivity index (χ4n) is 2.65. The number of hydrogen-bond acceptors (Lipinski definition) is 4. The highest BCUT2D eigenvalue weighted by molar-refractivity contribution is 8.93. The summed E-state index contributed by atoms with van der Waals surface area (Å²) < 4.78 is 13.3. The maximum atomic E-state index is 13.3. The molecule has 0 aliphatic carbocycles. The van der Waals surface area contributed by atoms with Gasteiger partial charge in [0.05, 0.1) is 6.54 Å². The van der Waals surface area contributed by atoms with E-state index in [0.29, 0.717) is 5.56 Å². The van der Waals surface area contributed by atoms with E-state index >= 15 is 0 Å². The van der Waals surface area contributed by atoms with E-state index in [2.05, 4.69) is 4.99 Å². The van der Waals surface area contributed by atoms with Crippen LogP contribution in [0.25, 0.3) is 0 Å². The monoisotopic (exact) mass is 436 g/mol. The molecule has 0 spiro atoms. The Hall–Kier alpha value is -1.66. The van der Waals surface area contributed by atoms with Gasteiger partial charge in [-0.2, -0.15) is 0 Å². The molecule has 1 aliphatic heterocycles. The molecule has 2 aromatic rings. The molecular formula is C20H22BrFN2OS. The fraction of sp³-hybridized carbons (Fsp3) is 0.300. The number of anilines is 1. The summed E-state index contributed by atoms with van der Waals surface area (Å²) in [5, 5.41) is 0.829. The van der Waals surface area contributed by atoms with Crippen LogP contribution in [0.15, 0.2) is 47.5 Å². The summed E-state index contributed by atoms with van der Waals surface area (Å²) >= 11 is 1.64. The van der Waals surface area contributed by atoms with Gasteiger partial charge in [-0.15, -0.1) is 17.0 Å². The van der Waals surface area contributed by atoms with Crippen LogP contribution in [-0.2, 0) is 0 Å². The third-order valence-electron chi connectivity index (χ3n) is 4.28. The Morgan fingerprint density at radius 2 is 1.88 bits per heavy atom. The Morgan fingerprint density at radius 1 is 1.15 bits per heavy atom. The Balaban J connectivity index is 0.00000243. The first-order valence-corrected chi connectivity index (χ1v) is 9.34. The zero-order valence-electron chi connectivity index (χ0n) is 14.9. The molecule has 0 N–H and O–H groups in total. The van der Waals surface area contributed by atoms with Gasteiger partial charge in [0.15, 0.2) is 11.0 Å². The maximum absolute atomic E-state index is 13.3. The Morgan fingerprint density at radius 3 is 2.50 bits per heavy atom. The quantitative estimate of drug-likeness (QED) is 0.617. The standard InChI is InChI=1S/C20H21FN2OS.BrH/c1-14-4-5-16(12-15(14)2)19(24)13-23(20-22-10-3-11-25-20)18-8-6-17(21)7-9-18;/h4-9,12H,3,10-11,13H2,1-2H3;1H. The minimum absolute atomic E-state index is 0. The molecule has 0 saturated heterocycles. The fourth-order valence-corrected chi connectivity index (χ4v) is 3.62. The van der Waals surface area contributed by atoms with E-state index in [4.69, 9.17) is 0 Å². The van der Waals surface area contributed by atoms with E-state index in [0.717, 1.165) is 35.1 Å². The second kappa shape index (κ2) is 9.33. The summed E-state index contributed by atoms with van der Waals surface area (Å²) in [6.07, 6.45) is 1.04. The smallest absolute Gasteiger partial charge is 0.182 e. The number of thioether (sulfide) groups is 1. The molecule has 0 bridgehead atoms. The van der Waals surface area contributed by atoms with Gasteiger partial charge in [0.25, 0.3) is 0 Å². The van der Waals surface area contributed by atoms with Crippen molar-refractivity contribution >= 4 is 45.4 Å². The highest BCUT2D eigenvalue weighted by Gasteiger charge is 2.20. The number of hydrogen-bond donors (Lipinski definition) is 0. The minimum Gasteiger partial charge on any atom is -0.313 e. The van der Waals surface area contributed by atoms with Crippen molar-refractivity contribution < 1.29 is 9.18 Å². The number of carbonyl (C=O) groups excluding carboxylic acids is 1. The zero-order chi connectivity index (χ0) is 17.8. The third kappa shape index (κ3) is 4.95. The molecule has 6 heteroatoms. The van der Waals surface area contributed by atoms with Crippen molar-refractivity contribution in [1.82, 2.24) is 0 Å². The molecule has 3 rings (SSSR count). The number of ketones is 1. The summed E-state index contributed by atoms with van der Waals surface area (Å²) in [5.74, 6) is 0.720. The topological polar surface area (TPSA) is 32.7 Å². The van der Waals surface area contributed by atoms with Gasteiger partial charge >= 0.3 is 0 Å². The number of amidine groups is 1. The van der Waals surface area contributed by atoms with Gasteiger partial charge in [0, 0.05) is 23.5 Å². The molecule has 0 aromatic heterocycles. The third-order valence-corrected chi connectivity index (χ3v) is 5.38. The van der Waals surface area contributed by atoms with Crippen molar-refractivity contribution in [3.8, 4) is 0 Å². The van der Waals surface area contributed by atoms with Crippen LogP contribution < -0.4 is 4.90 Å². The molecule has 0 radical (unpaired) electrons. The summed E-state index contributed by atoms with van der Waals surface area (Å²) in [6, 6.07) is 12.0. The van der Waals surface area contributed by atoms with E-state index in [1.807, 2.05) is 36.9 Å². The molecule has 138 valence electrons. The van der Waals surface area contributed by atoms with Crippen LogP contribution in [-0.4, -0.2) is 29.8 Å². The van der Waals surface area contributed by atoms with Gasteiger partial charge in [-0.25, -0.2) is 4.39 Å². The molecule has 1 aliphatic rings. The highest BCUT2D eigenvalue weighted by Crippen LogP contribution is 2.24. The number of halogens is 2. The molecule has 26 heavy (non-hydrogen) atoms. The van der Waals surface area contributed by atoms with Gasteiger partial charge < -0.3 is 4.90 Å². The van der Waals surface area contributed by atoms with Gasteiger partial charge in [-0.05, 0) is 61.7 Å². The molecule has 0 atom stereocenters. The lowest BCUT2D eigenvalue weighted by Crippen LogP contribution is -2.35. The SMILES string of the molecule is Br.Cc1ccc(C(=O)CN(C2=NCCCS2)c2ccc(F)cc2)cc1C. The van der Waals surface area contributed by atoms with E-state index in [1.165, 1.54) is 17.7 Å². The van der Waals surface area contributed by atoms with Crippen molar-refractivity contribution in [2.75, 3.05) is 23.7 Å². The normalized spacial score (nSPS) is 13.6. The summed E-state index contributed by atoms with van der Waals surface area (Å²) in [4.78, 5) is 19.3. The molecule has 1 heterocycles. The van der Waals surface area contributed by atoms with Gasteiger partial charge in [0.1, 0.15) is 5.82 Å². The first-order valence-electron chi connectivity index (χ1n) is 8.35. The second-order valence-electron chi connectivity index (χ2n) is 6.15. The number of aryl methyl sites for hydroxylation is 2. The highest BCUT2D eigenvalue weighted by atomic mass is 79.9. The lowest BCUT2D eigenvalue weighted by Gasteiger charge is -2.27. The van der Waals surface area contributed by atoms with Crippen LogP contribution in [0.3, 0.4) is 0 Å². The molecule has 0 amide bonds. The van der Waals surface area contributed by atoms with E-state index < -0.39 is 0 Å². The molecule has 3 nitrogen and oxygen atoms in total. The number of rotatable bonds is 4. The number of carbonyl (C=O) groups is 1. The number of Topliss-reactive ketones (excluding diaryl/α,β-unsaturated/α-hetero) is 1. The second-order valence-corrected chi connectivity index (χ2v) is 7.21. The summed E-state index contributed by atoms with van der Waals surface area (Å²) in [6.45, 7) is 4.99. The van der Waals surface area contributed by atoms with Crippen LogP contribution in [0.2, 0.25) is 0 Å². The zero-order valence-corrected chi connectivity index (χ0v) is 17.4. The van der Waals surface area contributed by atoms with Crippen LogP contribution >= 0.6 is 28.7 Å². The molecule has 0 fully saturated rings. The summed E-state index contributed by atoms with van der Waals surface area (Å²) in [5.41, 5.74) is 3.74. The predicted molar refractivity (Wildman–Crippen MR) is 114 cm³/mol. The van der Waals surface area contributed by atoms with Crippen LogP contribution in [0.1, 0.15) is 27.9 Å². The predicted octanol–water partition coefficient (Wildman–Crippen LogP) is 5.20. The lowest BCUT2D eigenvalue weighted by atomic mass is 10.0. The average Bonchev–Trinajstić information content (AvgIpc) is 2.63. The van der Waals surface area contributed by atoms with Crippen molar-refractivity contribution in [3.05, 3.63) is 65.0 Å². The first-order chi connectivity index (χ1) is 12.0. The Kier molecular flexibility index (Phi) is 7.41. The molecule has 2 aromatic carbocycles. The van der Waals surface area contributed by atoms with Crippen LogP contribution in [0.4, 0.5) is 10.1 Å². The Bertz CT molecular complexity index is 808. The van der Waals surface area contributed by atoms with Crippen LogP contribution in [0.5, 0.6) is 0 Å².